The zero-order chi connectivity index (χ0) is 26.7. The topological polar surface area (TPSA) is 108 Å². The van der Waals surface area contributed by atoms with E-state index in [1.807, 2.05) is 23.1 Å². The van der Waals surface area contributed by atoms with Gasteiger partial charge in [0.05, 0.1) is 17.2 Å². The Bertz CT molecular complexity index is 1440. The highest BCUT2D eigenvalue weighted by Gasteiger charge is 2.29. The predicted molar refractivity (Wildman–Crippen MR) is 147 cm³/mol. The normalized spacial score (nSPS) is 16.4. The molecule has 0 bridgehead atoms. The first kappa shape index (κ1) is 26.3. The fourth-order valence-corrected chi connectivity index (χ4v) is 5.22. The van der Waals surface area contributed by atoms with Crippen molar-refractivity contribution in [2.24, 2.45) is 5.92 Å². The number of pyridine rings is 1. The van der Waals surface area contributed by atoms with Crippen LogP contribution in [0.5, 0.6) is 0 Å². The van der Waals surface area contributed by atoms with Gasteiger partial charge in [0.25, 0.3) is 5.56 Å². The largest absolute Gasteiger partial charge is 0.478 e. The molecule has 194 valence electrons. The summed E-state index contributed by atoms with van der Waals surface area (Å²) >= 11 is 1.58. The van der Waals surface area contributed by atoms with Crippen LogP contribution in [0.2, 0.25) is 0 Å². The second kappa shape index (κ2) is 11.1. The number of hydrogen-bond donors (Lipinski definition) is 1. The van der Waals surface area contributed by atoms with E-state index >= 15 is 0 Å². The molecule has 9 nitrogen and oxygen atoms in total. The Hall–Kier alpha value is -3.79. The highest BCUT2D eigenvalue weighted by atomic mass is 32.1. The van der Waals surface area contributed by atoms with Crippen LogP contribution in [0.25, 0.3) is 23.9 Å². The van der Waals surface area contributed by atoms with Gasteiger partial charge in [0.2, 0.25) is 5.91 Å². The zero-order valence-electron chi connectivity index (χ0n) is 21.4. The Morgan fingerprint density at radius 1 is 1.22 bits per heavy atom. The molecule has 1 saturated heterocycles. The van der Waals surface area contributed by atoms with Crippen LogP contribution in [0.4, 0.5) is 5.82 Å². The number of thiazole rings is 1. The number of carbonyl (C=O) groups excluding carboxylic acids is 1. The van der Waals surface area contributed by atoms with Crippen LogP contribution in [-0.2, 0) is 9.59 Å². The SMILES string of the molecule is CC(C)c1csc(/C=C/c2ccn3c(=O)c(/C=C/C(=O)O)c(N4CCCC(C(=O)N(C)C)C4)nc3c2)n1. The van der Waals surface area contributed by atoms with E-state index in [-0.39, 0.29) is 22.9 Å². The molecule has 1 aliphatic rings. The first-order valence-electron chi connectivity index (χ1n) is 12.2. The van der Waals surface area contributed by atoms with Crippen LogP contribution in [-0.4, -0.2) is 63.4 Å². The molecule has 0 aromatic carbocycles. The number of aliphatic carboxylic acids is 1. The molecule has 1 aliphatic heterocycles. The third-order valence-electron chi connectivity index (χ3n) is 6.32. The number of hydrogen-bond acceptors (Lipinski definition) is 7. The number of aromatic nitrogens is 3. The summed E-state index contributed by atoms with van der Waals surface area (Å²) in [7, 11) is 3.46. The molecular weight excluding hydrogens is 490 g/mol. The molecule has 1 atom stereocenters. The van der Waals surface area contributed by atoms with Gasteiger partial charge in [0.1, 0.15) is 16.5 Å². The monoisotopic (exact) mass is 521 g/mol. The van der Waals surface area contributed by atoms with Crippen molar-refractivity contribution in [3.05, 3.63) is 62.0 Å². The number of amides is 1. The number of carboxylic acids is 1. The quantitative estimate of drug-likeness (QED) is 0.471. The van der Waals surface area contributed by atoms with Crippen LogP contribution in [0, 0.1) is 5.92 Å². The molecule has 0 radical (unpaired) electrons. The van der Waals surface area contributed by atoms with Crippen molar-refractivity contribution in [2.75, 3.05) is 32.1 Å². The van der Waals surface area contributed by atoms with Gasteiger partial charge >= 0.3 is 5.97 Å². The van der Waals surface area contributed by atoms with E-state index in [2.05, 4.69) is 24.2 Å². The Morgan fingerprint density at radius 3 is 2.68 bits per heavy atom. The third-order valence-corrected chi connectivity index (χ3v) is 7.15. The summed E-state index contributed by atoms with van der Waals surface area (Å²) in [5.74, 6) is -0.594. The number of carbonyl (C=O) groups is 2. The van der Waals surface area contributed by atoms with Gasteiger partial charge in [-0.2, -0.15) is 0 Å². The molecule has 0 saturated carbocycles. The van der Waals surface area contributed by atoms with Crippen molar-refractivity contribution < 1.29 is 14.7 Å². The summed E-state index contributed by atoms with van der Waals surface area (Å²) in [4.78, 5) is 50.2. The Kier molecular flexibility index (Phi) is 7.87. The van der Waals surface area contributed by atoms with Crippen molar-refractivity contribution in [3.63, 3.8) is 0 Å². The van der Waals surface area contributed by atoms with Crippen LogP contribution in [0.3, 0.4) is 0 Å². The molecule has 1 amide bonds. The standard InChI is InChI=1S/C27H31N5O4S/c1-17(2)21-16-37-23(28-21)9-7-18-11-13-32-22(14-18)29-25(20(27(32)36)8-10-24(33)34)31-12-5-6-19(15-31)26(35)30(3)4/h7-11,13-14,16-17,19H,5-6,12,15H2,1-4H3,(H,33,34)/b9-7+,10-8+. The van der Waals surface area contributed by atoms with Gasteiger partial charge in [-0.1, -0.05) is 19.9 Å². The Balaban J connectivity index is 1.74. The van der Waals surface area contributed by atoms with Crippen molar-refractivity contribution in [2.45, 2.75) is 32.6 Å². The minimum atomic E-state index is -1.15. The second-order valence-electron chi connectivity index (χ2n) is 9.63. The highest BCUT2D eigenvalue weighted by Crippen LogP contribution is 2.26. The molecule has 1 unspecified atom stereocenters. The van der Waals surface area contributed by atoms with E-state index in [1.165, 1.54) is 10.5 Å². The minimum Gasteiger partial charge on any atom is -0.478 e. The van der Waals surface area contributed by atoms with E-state index in [0.717, 1.165) is 35.2 Å². The molecule has 1 fully saturated rings. The van der Waals surface area contributed by atoms with Crippen molar-refractivity contribution in [3.8, 4) is 0 Å². The predicted octanol–water partition coefficient (Wildman–Crippen LogP) is 3.85. The molecule has 3 aromatic heterocycles. The third kappa shape index (κ3) is 5.96. The Labute approximate surface area is 219 Å². The molecule has 37 heavy (non-hydrogen) atoms. The molecule has 10 heteroatoms. The number of anilines is 1. The first-order valence-corrected chi connectivity index (χ1v) is 13.1. The molecule has 1 N–H and O–H groups in total. The van der Waals surface area contributed by atoms with E-state index < -0.39 is 5.97 Å². The van der Waals surface area contributed by atoms with Crippen molar-refractivity contribution in [1.29, 1.82) is 0 Å². The zero-order valence-corrected chi connectivity index (χ0v) is 22.2. The number of rotatable bonds is 7. The van der Waals surface area contributed by atoms with Gasteiger partial charge in [0, 0.05) is 44.8 Å². The maximum Gasteiger partial charge on any atom is 0.328 e. The van der Waals surface area contributed by atoms with Crippen LogP contribution >= 0.6 is 11.3 Å². The lowest BCUT2D eigenvalue weighted by Gasteiger charge is -2.34. The average Bonchev–Trinajstić information content (AvgIpc) is 3.35. The number of nitrogens with zero attached hydrogens (tertiary/aromatic N) is 5. The molecule has 0 spiro atoms. The number of piperidine rings is 1. The van der Waals surface area contributed by atoms with Gasteiger partial charge in [-0.25, -0.2) is 14.8 Å². The molecule has 0 aliphatic carbocycles. The van der Waals surface area contributed by atoms with Crippen molar-refractivity contribution in [1.82, 2.24) is 19.3 Å². The summed E-state index contributed by atoms with van der Waals surface area (Å²) in [6, 6.07) is 3.62. The lowest BCUT2D eigenvalue weighted by atomic mass is 9.96. The average molecular weight is 522 g/mol. The fourth-order valence-electron chi connectivity index (χ4n) is 4.35. The lowest BCUT2D eigenvalue weighted by molar-refractivity contribution is -0.133. The van der Waals surface area contributed by atoms with Gasteiger partial charge in [0.15, 0.2) is 0 Å². The molecule has 4 rings (SSSR count). The first-order chi connectivity index (χ1) is 17.6. The lowest BCUT2D eigenvalue weighted by Crippen LogP contribution is -2.43. The summed E-state index contributed by atoms with van der Waals surface area (Å²) in [6.07, 6.45) is 9.26. The van der Waals surface area contributed by atoms with E-state index in [4.69, 9.17) is 4.98 Å². The van der Waals surface area contributed by atoms with Gasteiger partial charge in [-0.15, -0.1) is 11.3 Å². The Morgan fingerprint density at radius 2 is 2.00 bits per heavy atom. The summed E-state index contributed by atoms with van der Waals surface area (Å²) in [5, 5.41) is 12.1. The second-order valence-corrected chi connectivity index (χ2v) is 10.5. The molecule has 4 heterocycles. The summed E-state index contributed by atoms with van der Waals surface area (Å²) < 4.78 is 1.41. The van der Waals surface area contributed by atoms with Crippen LogP contribution in [0.1, 0.15) is 54.4 Å². The van der Waals surface area contributed by atoms with Crippen LogP contribution < -0.4 is 10.5 Å². The maximum absolute atomic E-state index is 13.4. The number of carboxylic acid groups (broad SMARTS) is 1. The van der Waals surface area contributed by atoms with Gasteiger partial charge in [-0.3, -0.25) is 14.0 Å². The van der Waals surface area contributed by atoms with Gasteiger partial charge in [-0.05, 0) is 48.6 Å². The van der Waals surface area contributed by atoms with E-state index in [9.17, 15) is 19.5 Å². The summed E-state index contributed by atoms with van der Waals surface area (Å²) in [6.45, 7) is 5.24. The summed E-state index contributed by atoms with van der Waals surface area (Å²) in [5.41, 5.74) is 2.17. The minimum absolute atomic E-state index is 0.0278. The molecular formula is C27H31N5O4S. The fraction of sp³-hybridized carbons (Fsp3) is 0.370. The van der Waals surface area contributed by atoms with E-state index in [1.54, 1.807) is 42.6 Å². The maximum atomic E-state index is 13.4. The van der Waals surface area contributed by atoms with Crippen LogP contribution in [0.15, 0.2) is 34.6 Å². The van der Waals surface area contributed by atoms with Crippen molar-refractivity contribution >= 4 is 52.9 Å². The highest BCUT2D eigenvalue weighted by molar-refractivity contribution is 7.10. The number of fused-ring (bicyclic) bond motifs is 1. The molecule has 3 aromatic rings. The van der Waals surface area contributed by atoms with E-state index in [0.29, 0.717) is 30.5 Å². The smallest absolute Gasteiger partial charge is 0.328 e. The van der Waals surface area contributed by atoms with Gasteiger partial charge < -0.3 is 14.9 Å².